The van der Waals surface area contributed by atoms with Crippen LogP contribution in [-0.4, -0.2) is 114 Å². The molecule has 424 valence electrons. The van der Waals surface area contributed by atoms with Crippen molar-refractivity contribution >= 4 is 39.2 Å². The number of nitrogens with zero attached hydrogens (tertiary/aromatic N) is 2. The standard InChI is InChI=1S/C52H83N3O18P2/c1-3-5-7-8-9-10-11-12-13-14-15-16-17-18-19-20-25-29-47(59)68-36-40-37-69-74(64,65)73-75(66,67)70-38-45-50(62)49(61)41(32-31-39(56)27-23-6-4-2)43(57)35-44(58)42(28-24-21-22-26-30-48(60)71-40)51(72-45)55-34-33-46(53)54-52(55)63/h9-10,12-13,15-16,18-19,31-34,39-43,45,49-51,56-57,61-62H,3-8,11,14,17,20-30,35-38H2,1-2H3,(H,64,65)(H,66,67)(H2,53,54,63)/b10-9-,13-12-,16-15-,19-18-,32-31-/t39-,40+,41-,42-,43+,45+,49-,50+,51+/m0/s1. The maximum atomic E-state index is 14.3. The Kier molecular flexibility index (Phi) is 31.5. The summed E-state index contributed by atoms with van der Waals surface area (Å²) in [4.78, 5) is 78.4. The Bertz CT molecular complexity index is 2170. The molecular formula is C52H83N3O18P2. The summed E-state index contributed by atoms with van der Waals surface area (Å²) in [5.74, 6) is -5.01. The van der Waals surface area contributed by atoms with Gasteiger partial charge in [0.05, 0.1) is 37.4 Å². The van der Waals surface area contributed by atoms with Gasteiger partial charge in [-0.25, -0.2) is 13.9 Å². The molecule has 1 aromatic rings. The van der Waals surface area contributed by atoms with E-state index < -0.39 is 120 Å². The number of ether oxygens (including phenoxy) is 3. The van der Waals surface area contributed by atoms with Gasteiger partial charge in [-0.3, -0.25) is 28.0 Å². The van der Waals surface area contributed by atoms with Crippen LogP contribution in [0.15, 0.2) is 77.8 Å². The van der Waals surface area contributed by atoms with E-state index in [0.717, 1.165) is 49.3 Å². The molecule has 11 atom stereocenters. The first-order valence-electron chi connectivity index (χ1n) is 26.4. The van der Waals surface area contributed by atoms with Crippen molar-refractivity contribution in [2.24, 2.45) is 11.8 Å². The van der Waals surface area contributed by atoms with Gasteiger partial charge < -0.3 is 50.2 Å². The van der Waals surface area contributed by atoms with E-state index >= 15 is 0 Å². The SMILES string of the molecule is CCCCC/C=C\C/C=C\C/C=C\C/C=C\CCCC(=O)OC[C@@H]1COP(=O)(O)OP(=O)(O)OC[C@H]2O[C@@H](n3ccc(N)nc3=O)[C@@H](CCCCCCC(=O)O1)C(=O)C[C@@H](O)[C@H](/C=C\[C@@H](O)CCCCC)[C@H](O)[C@@H]2O. The fourth-order valence-corrected chi connectivity index (χ4v) is 10.4. The van der Waals surface area contributed by atoms with Crippen LogP contribution >= 0.6 is 15.6 Å². The largest absolute Gasteiger partial charge is 0.481 e. The number of hydrogen-bond donors (Lipinski definition) is 7. The van der Waals surface area contributed by atoms with Gasteiger partial charge in [-0.05, 0) is 70.3 Å². The molecule has 2 saturated heterocycles. The number of carbonyl (C=O) groups excluding carboxylic acids is 3. The number of nitrogens with two attached hydrogens (primary N) is 1. The van der Waals surface area contributed by atoms with E-state index in [4.69, 9.17) is 29.0 Å². The van der Waals surface area contributed by atoms with Crippen LogP contribution in [0.2, 0.25) is 0 Å². The summed E-state index contributed by atoms with van der Waals surface area (Å²) in [7, 11) is -11.3. The number of hydrogen-bond acceptors (Lipinski definition) is 18. The Morgan fingerprint density at radius 2 is 1.45 bits per heavy atom. The molecule has 3 rings (SSSR count). The highest BCUT2D eigenvalue weighted by Crippen LogP contribution is 2.60. The van der Waals surface area contributed by atoms with Gasteiger partial charge in [0.15, 0.2) is 6.10 Å². The fraction of sp³-hybridized carbons (Fsp3) is 0.673. The van der Waals surface area contributed by atoms with Crippen molar-refractivity contribution in [3.8, 4) is 0 Å². The van der Waals surface area contributed by atoms with Gasteiger partial charge in [0.25, 0.3) is 0 Å². The minimum Gasteiger partial charge on any atom is -0.462 e. The zero-order chi connectivity index (χ0) is 55.1. The Balaban J connectivity index is 1.75. The van der Waals surface area contributed by atoms with Crippen LogP contribution in [0.1, 0.15) is 155 Å². The van der Waals surface area contributed by atoms with E-state index in [-0.39, 0.29) is 31.5 Å². The van der Waals surface area contributed by atoms with Crippen molar-refractivity contribution in [2.45, 2.75) is 192 Å². The number of anilines is 1. The Morgan fingerprint density at radius 1 is 0.840 bits per heavy atom. The summed E-state index contributed by atoms with van der Waals surface area (Å²) in [6.45, 7) is 1.41. The van der Waals surface area contributed by atoms with Gasteiger partial charge in [0.2, 0.25) is 0 Å². The highest BCUT2D eigenvalue weighted by Gasteiger charge is 2.45. The number of Topliss-reactive ketones (excluding diaryl/α,β-unsaturated/α-hetero) is 1. The second-order valence-corrected chi connectivity index (χ2v) is 21.8. The molecule has 3 heterocycles. The first-order chi connectivity index (χ1) is 35.9. The van der Waals surface area contributed by atoms with Crippen LogP contribution in [0, 0.1) is 11.8 Å². The van der Waals surface area contributed by atoms with Gasteiger partial charge >= 0.3 is 33.3 Å². The summed E-state index contributed by atoms with van der Waals surface area (Å²) in [6, 6.07) is 1.23. The lowest BCUT2D eigenvalue weighted by Gasteiger charge is -2.38. The average molecular weight is 1100 g/mol. The third-order valence-corrected chi connectivity index (χ3v) is 15.1. The number of carbonyl (C=O) groups is 3. The molecule has 1 aromatic heterocycles. The number of unbranched alkanes of at least 4 members (excludes halogenated alkanes) is 6. The zero-order valence-electron chi connectivity index (χ0n) is 43.5. The molecule has 2 bridgehead atoms. The van der Waals surface area contributed by atoms with Gasteiger partial charge in [0, 0.05) is 31.4 Å². The number of cyclic esters (lactones) is 1. The van der Waals surface area contributed by atoms with E-state index in [2.05, 4.69) is 52.7 Å². The average Bonchev–Trinajstić information content (AvgIpc) is 3.35. The van der Waals surface area contributed by atoms with Gasteiger partial charge in [-0.1, -0.05) is 126 Å². The van der Waals surface area contributed by atoms with Crippen LogP contribution in [0.4, 0.5) is 5.82 Å². The Hall–Kier alpha value is -3.95. The summed E-state index contributed by atoms with van der Waals surface area (Å²) in [5.41, 5.74) is 4.75. The van der Waals surface area contributed by atoms with Crippen molar-refractivity contribution in [2.75, 3.05) is 25.6 Å². The molecule has 75 heavy (non-hydrogen) atoms. The number of aliphatic hydroxyl groups excluding tert-OH is 4. The molecule has 8 N–H and O–H groups in total. The number of allylic oxidation sites excluding steroid dienone is 8. The smallest absolute Gasteiger partial charge is 0.462 e. The number of ketones is 1. The Morgan fingerprint density at radius 3 is 2.11 bits per heavy atom. The molecule has 0 radical (unpaired) electrons. The molecule has 0 saturated carbocycles. The lowest BCUT2D eigenvalue weighted by Crippen LogP contribution is -2.51. The van der Waals surface area contributed by atoms with E-state index in [1.54, 1.807) is 0 Å². The number of aliphatic hydroxyl groups is 4. The summed E-state index contributed by atoms with van der Waals surface area (Å²) < 4.78 is 58.9. The van der Waals surface area contributed by atoms with E-state index in [0.29, 0.717) is 44.9 Å². The molecule has 2 aliphatic rings. The molecule has 21 nitrogen and oxygen atoms in total. The summed E-state index contributed by atoms with van der Waals surface area (Å²) in [5, 5.41) is 45.5. The molecular weight excluding hydrogens is 1020 g/mol. The Labute approximate surface area is 441 Å². The maximum absolute atomic E-state index is 14.3. The number of aromatic nitrogens is 2. The number of fused-ring (bicyclic) bond motifs is 3. The van der Waals surface area contributed by atoms with E-state index in [9.17, 15) is 58.5 Å². The van der Waals surface area contributed by atoms with Crippen LogP contribution in [0.25, 0.3) is 0 Å². The molecule has 0 spiro atoms. The number of nitrogen functional groups attached to an aromatic ring is 1. The van der Waals surface area contributed by atoms with Gasteiger partial charge in [0.1, 0.15) is 36.6 Å². The number of rotatable bonds is 23. The normalized spacial score (nSPS) is 29.1. The van der Waals surface area contributed by atoms with Gasteiger partial charge in [-0.2, -0.15) is 9.29 Å². The van der Waals surface area contributed by atoms with E-state index in [1.807, 2.05) is 19.1 Å². The molecule has 0 aromatic carbocycles. The third-order valence-electron chi connectivity index (χ3n) is 12.5. The molecule has 0 aliphatic carbocycles. The number of esters is 2. The van der Waals surface area contributed by atoms with Crippen molar-refractivity contribution in [3.63, 3.8) is 0 Å². The van der Waals surface area contributed by atoms with Crippen molar-refractivity contribution < 1.29 is 81.3 Å². The lowest BCUT2D eigenvalue weighted by molar-refractivity contribution is -0.184. The first kappa shape index (κ1) is 65.3. The van der Waals surface area contributed by atoms with E-state index in [1.165, 1.54) is 37.5 Å². The predicted molar refractivity (Wildman–Crippen MR) is 280 cm³/mol. The lowest BCUT2D eigenvalue weighted by atomic mass is 9.83. The topological polar surface area (TPSA) is 323 Å². The predicted octanol–water partition coefficient (Wildman–Crippen LogP) is 7.70. The van der Waals surface area contributed by atoms with Crippen molar-refractivity contribution in [3.05, 3.63) is 83.5 Å². The van der Waals surface area contributed by atoms with Crippen molar-refractivity contribution in [1.82, 2.24) is 9.55 Å². The maximum Gasteiger partial charge on any atom is 0.481 e. The summed E-state index contributed by atoms with van der Waals surface area (Å²) >= 11 is 0. The molecule has 2 fully saturated rings. The molecule has 0 amide bonds. The number of phosphoric ester groups is 2. The third kappa shape index (κ3) is 26.8. The highest BCUT2D eigenvalue weighted by molar-refractivity contribution is 7.61. The van der Waals surface area contributed by atoms with Crippen LogP contribution in [0.3, 0.4) is 0 Å². The second-order valence-electron chi connectivity index (χ2n) is 18.8. The van der Waals surface area contributed by atoms with Gasteiger partial charge in [-0.15, -0.1) is 0 Å². The minimum atomic E-state index is -5.72. The fourth-order valence-electron chi connectivity index (χ4n) is 8.25. The first-order valence-corrected chi connectivity index (χ1v) is 29.4. The van der Waals surface area contributed by atoms with Crippen LogP contribution < -0.4 is 11.4 Å². The highest BCUT2D eigenvalue weighted by atomic mass is 31.3. The minimum absolute atomic E-state index is 0.00359. The summed E-state index contributed by atoms with van der Waals surface area (Å²) in [6.07, 6.45) is 20.1. The number of phosphoric acid groups is 2. The van der Waals surface area contributed by atoms with Crippen LogP contribution in [0.5, 0.6) is 0 Å². The quantitative estimate of drug-likeness (QED) is 0.0239. The molecule has 23 heteroatoms. The van der Waals surface area contributed by atoms with Crippen LogP contribution in [-0.2, 0) is 51.1 Å². The van der Waals surface area contributed by atoms with Crippen molar-refractivity contribution in [1.29, 1.82) is 0 Å². The monoisotopic (exact) mass is 1100 g/mol. The second kappa shape index (κ2) is 36.2. The molecule has 2 aliphatic heterocycles. The zero-order valence-corrected chi connectivity index (χ0v) is 45.3. The molecule has 2 unspecified atom stereocenters.